The number of amides is 3. The normalized spacial score (nSPS) is 25.7. The van der Waals surface area contributed by atoms with E-state index < -0.39 is 6.04 Å². The molecule has 0 aliphatic carbocycles. The molecule has 0 aromatic carbocycles. The van der Waals surface area contributed by atoms with Crippen LogP contribution in [0.5, 0.6) is 0 Å². The Balaban J connectivity index is 1.65. The summed E-state index contributed by atoms with van der Waals surface area (Å²) in [5, 5.41) is 7.63. The van der Waals surface area contributed by atoms with Gasteiger partial charge in [-0.15, -0.1) is 11.3 Å². The first-order valence-corrected chi connectivity index (χ1v) is 8.11. The first kappa shape index (κ1) is 14.3. The molecule has 3 rings (SSSR count). The molecule has 2 aliphatic rings. The first-order valence-electron chi connectivity index (χ1n) is 7.23. The van der Waals surface area contributed by atoms with E-state index >= 15 is 0 Å². The predicted molar refractivity (Wildman–Crippen MR) is 79.1 cm³/mol. The maximum absolute atomic E-state index is 12.4. The Hall–Kier alpha value is -1.60. The van der Waals surface area contributed by atoms with Crippen molar-refractivity contribution in [2.45, 2.75) is 25.0 Å². The summed E-state index contributed by atoms with van der Waals surface area (Å²) in [6.07, 6.45) is 2.13. The van der Waals surface area contributed by atoms with Gasteiger partial charge in [-0.2, -0.15) is 0 Å². The van der Waals surface area contributed by atoms with Gasteiger partial charge in [-0.1, -0.05) is 6.07 Å². The average molecular weight is 309 g/mol. The Bertz CT molecular complexity index is 500. The highest BCUT2D eigenvalue weighted by molar-refractivity contribution is 7.10. The molecule has 3 amide bonds. The largest absolute Gasteiger partial charge is 0.376 e. The van der Waals surface area contributed by atoms with E-state index in [9.17, 15) is 9.59 Å². The summed E-state index contributed by atoms with van der Waals surface area (Å²) in [7, 11) is 0. The molecular formula is C14H19N3O3S. The zero-order valence-electron chi connectivity index (χ0n) is 11.7. The standard InChI is InChI=1S/C14H19N3O3S/c18-13-12(11-4-2-8-21-11)17(6-5-15-13)14(19)16-9-10-3-1-7-20-10/h2,4,8,10,12H,1,3,5-7,9H2,(H,15,18)(H,16,19)/t10-,12+/m0/s1. The van der Waals surface area contributed by atoms with Gasteiger partial charge in [0.25, 0.3) is 0 Å². The molecule has 7 heteroatoms. The Morgan fingerprint density at radius 1 is 1.57 bits per heavy atom. The van der Waals surface area contributed by atoms with Crippen LogP contribution in [0.15, 0.2) is 17.5 Å². The number of nitrogens with zero attached hydrogens (tertiary/aromatic N) is 1. The SMILES string of the molecule is O=C1NCCN(C(=O)NC[C@@H]2CCCO2)[C@@H]1c1cccs1. The highest BCUT2D eigenvalue weighted by Crippen LogP contribution is 2.27. The number of rotatable bonds is 3. The van der Waals surface area contributed by atoms with Gasteiger partial charge in [-0.3, -0.25) is 4.79 Å². The van der Waals surface area contributed by atoms with E-state index in [1.54, 1.807) is 4.90 Å². The topological polar surface area (TPSA) is 70.7 Å². The molecule has 2 saturated heterocycles. The number of hydrogen-bond donors (Lipinski definition) is 2. The van der Waals surface area contributed by atoms with Gasteiger partial charge in [0.05, 0.1) is 6.10 Å². The van der Waals surface area contributed by atoms with Crippen molar-refractivity contribution in [3.63, 3.8) is 0 Å². The number of ether oxygens (including phenoxy) is 1. The molecule has 0 bridgehead atoms. The molecule has 3 heterocycles. The summed E-state index contributed by atoms with van der Waals surface area (Å²) >= 11 is 1.49. The minimum absolute atomic E-state index is 0.104. The van der Waals surface area contributed by atoms with Crippen molar-refractivity contribution in [2.24, 2.45) is 0 Å². The number of hydrogen-bond acceptors (Lipinski definition) is 4. The molecule has 0 unspecified atom stereocenters. The lowest BCUT2D eigenvalue weighted by Crippen LogP contribution is -2.55. The van der Waals surface area contributed by atoms with Gasteiger partial charge in [-0.05, 0) is 24.3 Å². The van der Waals surface area contributed by atoms with Gasteiger partial charge < -0.3 is 20.3 Å². The summed E-state index contributed by atoms with van der Waals surface area (Å²) in [6.45, 7) is 2.29. The van der Waals surface area contributed by atoms with Crippen LogP contribution in [0.3, 0.4) is 0 Å². The van der Waals surface area contributed by atoms with E-state index in [0.717, 1.165) is 24.3 Å². The van der Waals surface area contributed by atoms with Crippen LogP contribution < -0.4 is 10.6 Å². The maximum Gasteiger partial charge on any atom is 0.318 e. The minimum Gasteiger partial charge on any atom is -0.376 e. The predicted octanol–water partition coefficient (Wildman–Crippen LogP) is 1.11. The number of carbonyl (C=O) groups excluding carboxylic acids is 2. The summed E-state index contributed by atoms with van der Waals surface area (Å²) in [4.78, 5) is 27.0. The molecule has 0 saturated carbocycles. The molecule has 1 aromatic rings. The van der Waals surface area contributed by atoms with Crippen LogP contribution in [-0.2, 0) is 9.53 Å². The summed E-state index contributed by atoms with van der Waals surface area (Å²) in [5.74, 6) is -0.115. The van der Waals surface area contributed by atoms with Crippen molar-refractivity contribution < 1.29 is 14.3 Å². The molecule has 21 heavy (non-hydrogen) atoms. The molecular weight excluding hydrogens is 290 g/mol. The molecule has 1 aromatic heterocycles. The molecule has 2 fully saturated rings. The zero-order chi connectivity index (χ0) is 14.7. The monoisotopic (exact) mass is 309 g/mol. The second-order valence-electron chi connectivity index (χ2n) is 5.22. The van der Waals surface area contributed by atoms with E-state index in [4.69, 9.17) is 4.74 Å². The first-order chi connectivity index (χ1) is 10.3. The van der Waals surface area contributed by atoms with Gasteiger partial charge in [0.1, 0.15) is 6.04 Å². The van der Waals surface area contributed by atoms with E-state index in [0.29, 0.717) is 19.6 Å². The number of nitrogens with one attached hydrogen (secondary N) is 2. The van der Waals surface area contributed by atoms with Crippen molar-refractivity contribution >= 4 is 23.3 Å². The Morgan fingerprint density at radius 3 is 3.19 bits per heavy atom. The summed E-state index contributed by atoms with van der Waals surface area (Å²) < 4.78 is 5.50. The summed E-state index contributed by atoms with van der Waals surface area (Å²) in [5.41, 5.74) is 0. The van der Waals surface area contributed by atoms with Crippen LogP contribution in [0.25, 0.3) is 0 Å². The molecule has 2 aliphatic heterocycles. The highest BCUT2D eigenvalue weighted by atomic mass is 32.1. The van der Waals surface area contributed by atoms with Gasteiger partial charge in [0.15, 0.2) is 0 Å². The fourth-order valence-electron chi connectivity index (χ4n) is 2.72. The lowest BCUT2D eigenvalue weighted by molar-refractivity contribution is -0.127. The fraction of sp³-hybridized carbons (Fsp3) is 0.571. The quantitative estimate of drug-likeness (QED) is 0.879. The fourth-order valence-corrected chi connectivity index (χ4v) is 3.56. The van der Waals surface area contributed by atoms with E-state index in [2.05, 4.69) is 10.6 Å². The molecule has 114 valence electrons. The van der Waals surface area contributed by atoms with Crippen molar-refractivity contribution in [3.8, 4) is 0 Å². The smallest absolute Gasteiger partial charge is 0.318 e. The number of thiophene rings is 1. The van der Waals surface area contributed by atoms with Crippen molar-refractivity contribution in [1.29, 1.82) is 0 Å². The van der Waals surface area contributed by atoms with Crippen molar-refractivity contribution in [1.82, 2.24) is 15.5 Å². The average Bonchev–Trinajstić information content (AvgIpc) is 3.17. The van der Waals surface area contributed by atoms with Crippen LogP contribution in [-0.4, -0.2) is 49.2 Å². The van der Waals surface area contributed by atoms with Crippen LogP contribution in [0.4, 0.5) is 4.79 Å². The van der Waals surface area contributed by atoms with E-state index in [1.165, 1.54) is 11.3 Å². The molecule has 6 nitrogen and oxygen atoms in total. The third-order valence-electron chi connectivity index (χ3n) is 3.79. The molecule has 2 N–H and O–H groups in total. The number of urea groups is 1. The third-order valence-corrected chi connectivity index (χ3v) is 4.72. The summed E-state index contributed by atoms with van der Waals surface area (Å²) in [6, 6.07) is 3.06. The number of piperazine rings is 1. The van der Waals surface area contributed by atoms with Crippen LogP contribution >= 0.6 is 11.3 Å². The van der Waals surface area contributed by atoms with Crippen LogP contribution in [0.2, 0.25) is 0 Å². The lowest BCUT2D eigenvalue weighted by atomic mass is 10.1. The van der Waals surface area contributed by atoms with E-state index in [1.807, 2.05) is 17.5 Å². The van der Waals surface area contributed by atoms with Gasteiger partial charge in [-0.25, -0.2) is 4.79 Å². The van der Waals surface area contributed by atoms with E-state index in [-0.39, 0.29) is 18.0 Å². The molecule has 0 spiro atoms. The zero-order valence-corrected chi connectivity index (χ0v) is 12.5. The molecule has 2 atom stereocenters. The Kier molecular flexibility index (Phi) is 4.40. The highest BCUT2D eigenvalue weighted by Gasteiger charge is 2.35. The molecule has 0 radical (unpaired) electrons. The van der Waals surface area contributed by atoms with Gasteiger partial charge in [0.2, 0.25) is 5.91 Å². The third kappa shape index (κ3) is 3.19. The van der Waals surface area contributed by atoms with Gasteiger partial charge in [0, 0.05) is 31.1 Å². The number of carbonyl (C=O) groups is 2. The second-order valence-corrected chi connectivity index (χ2v) is 6.20. The maximum atomic E-state index is 12.4. The van der Waals surface area contributed by atoms with Crippen molar-refractivity contribution in [2.75, 3.05) is 26.2 Å². The Morgan fingerprint density at radius 2 is 2.48 bits per heavy atom. The Labute approximate surface area is 127 Å². The minimum atomic E-state index is -0.525. The van der Waals surface area contributed by atoms with Crippen molar-refractivity contribution in [3.05, 3.63) is 22.4 Å². The lowest BCUT2D eigenvalue weighted by Gasteiger charge is -2.34. The van der Waals surface area contributed by atoms with Crippen LogP contribution in [0.1, 0.15) is 23.8 Å². The van der Waals surface area contributed by atoms with Gasteiger partial charge >= 0.3 is 6.03 Å². The second kappa shape index (κ2) is 6.44. The van der Waals surface area contributed by atoms with Crippen LogP contribution in [0, 0.1) is 0 Å².